The van der Waals surface area contributed by atoms with Crippen LogP contribution in [0, 0.1) is 11.8 Å². The molecular formula is C86H106N12O10. The Balaban J connectivity index is 0.704. The summed E-state index contributed by atoms with van der Waals surface area (Å²) in [5.74, 6) is -3.64. The summed E-state index contributed by atoms with van der Waals surface area (Å²) in [6.07, 6.45) is 5.52. The molecule has 4 heterocycles. The number of benzene rings is 7. The van der Waals surface area contributed by atoms with E-state index in [2.05, 4.69) is 53.2 Å². The number of nitrogens with zero attached hydrogens (tertiary/aromatic N) is 2. The van der Waals surface area contributed by atoms with Gasteiger partial charge >= 0.3 is 0 Å². The Morgan fingerprint density at radius 3 is 1.05 bits per heavy atom. The van der Waals surface area contributed by atoms with Crippen molar-refractivity contribution in [2.75, 3.05) is 53.5 Å². The molecule has 108 heavy (non-hydrogen) atoms. The molecule has 22 nitrogen and oxygen atoms in total. The van der Waals surface area contributed by atoms with E-state index in [-0.39, 0.29) is 87.1 Å². The molecule has 7 aromatic carbocycles. The van der Waals surface area contributed by atoms with Crippen molar-refractivity contribution in [3.8, 4) is 0 Å². The number of hydrogen-bond donors (Lipinski definition) is 10. The molecule has 4 aliphatic rings. The van der Waals surface area contributed by atoms with Crippen molar-refractivity contribution in [3.05, 3.63) is 251 Å². The summed E-state index contributed by atoms with van der Waals surface area (Å²) >= 11 is 0. The first-order chi connectivity index (χ1) is 52.7. The molecule has 7 aromatic rings. The number of hydrogen-bond acceptors (Lipinski definition) is 14. The monoisotopic (exact) mass is 1470 g/mol. The van der Waals surface area contributed by atoms with Crippen molar-refractivity contribution >= 4 is 47.3 Å². The van der Waals surface area contributed by atoms with Crippen LogP contribution in [-0.4, -0.2) is 159 Å². The van der Waals surface area contributed by atoms with Crippen molar-refractivity contribution in [3.63, 3.8) is 0 Å². The number of likely N-dealkylation sites (N-methyl/N-ethyl adjacent to an activating group) is 2. The van der Waals surface area contributed by atoms with E-state index in [4.69, 9.17) is 9.47 Å². The second-order valence-corrected chi connectivity index (χ2v) is 28.7. The molecule has 10 atom stereocenters. The average Bonchev–Trinajstić information content (AvgIpc) is 1.14. The van der Waals surface area contributed by atoms with Crippen LogP contribution in [0.4, 0.5) is 0 Å². The highest BCUT2D eigenvalue weighted by molar-refractivity contribution is 6.01. The van der Waals surface area contributed by atoms with Gasteiger partial charge in [-0.05, 0) is 123 Å². The van der Waals surface area contributed by atoms with Crippen LogP contribution in [0.15, 0.2) is 206 Å². The van der Waals surface area contributed by atoms with E-state index < -0.39 is 71.0 Å². The molecule has 570 valence electrons. The summed E-state index contributed by atoms with van der Waals surface area (Å²) in [6.45, 7) is 6.86. The van der Waals surface area contributed by atoms with Crippen LogP contribution in [0.5, 0.6) is 0 Å². The predicted octanol–water partition coefficient (Wildman–Crippen LogP) is 7.16. The van der Waals surface area contributed by atoms with Crippen molar-refractivity contribution in [1.82, 2.24) is 63.0 Å². The van der Waals surface area contributed by atoms with E-state index in [9.17, 15) is 9.59 Å². The third-order valence-electron chi connectivity index (χ3n) is 22.0. The van der Waals surface area contributed by atoms with Gasteiger partial charge in [-0.3, -0.25) is 38.4 Å². The smallest absolute Gasteiger partial charge is 0.255 e. The van der Waals surface area contributed by atoms with Gasteiger partial charge in [0.05, 0.1) is 38.5 Å². The minimum absolute atomic E-state index is 0.0977. The molecule has 0 saturated carbocycles. The molecule has 22 heteroatoms. The summed E-state index contributed by atoms with van der Waals surface area (Å²) in [5.41, 5.74) is 2.57. The Hall–Kier alpha value is -9.94. The van der Waals surface area contributed by atoms with Gasteiger partial charge in [0, 0.05) is 63.2 Å². The first kappa shape index (κ1) is 79.1. The van der Waals surface area contributed by atoms with E-state index >= 15 is 28.8 Å². The first-order valence-electron chi connectivity index (χ1n) is 38.5. The second kappa shape index (κ2) is 38.7. The zero-order valence-corrected chi connectivity index (χ0v) is 62.5. The number of rotatable bonds is 36. The quantitative estimate of drug-likeness (QED) is 0.0175. The molecule has 0 aromatic heterocycles. The standard InChI is InChI=1S/C86H106N12O10/c1-5-71(87-3)77(99)93-75-63(55-89-53-59-25-13-7-14-26-59)41-43-69-45-47-73(97(69)81(75)103)79(101)95-85(65-29-17-9-18-30-65,66-31-19-10-20-32-66)83(105)91-49-51-107-57-61-37-39-62(40-38-61)58-108-52-50-92-84(106)86(67-33-21-11-22-34-67,68-35-23-12-24-36-68)96-80(102)74-48-46-70-44-42-64(56-90-54-60-27-15-8-16-28-60)76(82(104)98(70)74)94-78(100)72(6-2)88-4/h7-40,63-64,69-76,87-90H,5-6,41-58H2,1-4H3,(H,91,105)(H,92,106)(H,93,99)(H,94,100)(H,95,101)(H,96,102)/t63-,64-,69+,70+,71+,72+,73+,74?,75+,76+/m1/s1. The van der Waals surface area contributed by atoms with Gasteiger partial charge in [0.25, 0.3) is 11.8 Å². The van der Waals surface area contributed by atoms with Crippen LogP contribution >= 0.6 is 0 Å². The number of carbonyl (C=O) groups excluding carboxylic acids is 8. The minimum Gasteiger partial charge on any atom is -0.375 e. The number of fused-ring (bicyclic) bond motifs is 2. The van der Waals surface area contributed by atoms with Crippen molar-refractivity contribution < 1.29 is 47.8 Å². The van der Waals surface area contributed by atoms with Gasteiger partial charge in [-0.15, -0.1) is 0 Å². The van der Waals surface area contributed by atoms with Gasteiger partial charge in [0.15, 0.2) is 11.1 Å². The topological polar surface area (TPSA) is 282 Å². The highest BCUT2D eigenvalue weighted by atomic mass is 16.5. The summed E-state index contributed by atoms with van der Waals surface area (Å²) in [4.78, 5) is 122. The van der Waals surface area contributed by atoms with E-state index in [1.165, 1.54) is 0 Å². The van der Waals surface area contributed by atoms with Crippen LogP contribution in [0.1, 0.15) is 123 Å². The molecule has 0 aliphatic carbocycles. The number of carbonyl (C=O) groups is 8. The van der Waals surface area contributed by atoms with Crippen LogP contribution < -0.4 is 53.2 Å². The van der Waals surface area contributed by atoms with Gasteiger partial charge in [-0.1, -0.05) is 220 Å². The Morgan fingerprint density at radius 2 is 0.731 bits per heavy atom. The van der Waals surface area contributed by atoms with Gasteiger partial charge in [-0.2, -0.15) is 0 Å². The molecule has 1 unspecified atom stereocenters. The van der Waals surface area contributed by atoms with Crippen LogP contribution in [0.25, 0.3) is 0 Å². The highest BCUT2D eigenvalue weighted by Crippen LogP contribution is 2.39. The Labute approximate surface area is 634 Å². The maximum atomic E-state index is 15.3. The zero-order chi connectivity index (χ0) is 75.8. The van der Waals surface area contributed by atoms with Crippen LogP contribution in [0.3, 0.4) is 0 Å². The fourth-order valence-corrected chi connectivity index (χ4v) is 16.1. The maximum absolute atomic E-state index is 15.3. The van der Waals surface area contributed by atoms with Gasteiger partial charge < -0.3 is 72.4 Å². The molecule has 0 bridgehead atoms. The third-order valence-corrected chi connectivity index (χ3v) is 22.0. The lowest BCUT2D eigenvalue weighted by molar-refractivity contribution is -0.145. The molecule has 0 radical (unpaired) electrons. The van der Waals surface area contributed by atoms with Gasteiger partial charge in [0.1, 0.15) is 24.2 Å². The second-order valence-electron chi connectivity index (χ2n) is 28.7. The van der Waals surface area contributed by atoms with Gasteiger partial charge in [-0.25, -0.2) is 0 Å². The molecule has 4 fully saturated rings. The minimum atomic E-state index is -1.73. The highest BCUT2D eigenvalue weighted by Gasteiger charge is 2.53. The van der Waals surface area contributed by atoms with E-state index in [1.807, 2.05) is 220 Å². The van der Waals surface area contributed by atoms with E-state index in [0.29, 0.717) is 113 Å². The molecule has 4 aliphatic heterocycles. The van der Waals surface area contributed by atoms with Gasteiger partial charge in [0.2, 0.25) is 35.4 Å². The van der Waals surface area contributed by atoms with Crippen molar-refractivity contribution in [2.45, 2.75) is 164 Å². The Morgan fingerprint density at radius 1 is 0.417 bits per heavy atom. The number of ether oxygens (including phenoxy) is 2. The molecule has 0 spiro atoms. The summed E-state index contributed by atoms with van der Waals surface area (Å²) in [5, 5.41) is 32.1. The maximum Gasteiger partial charge on any atom is 0.255 e. The van der Waals surface area contributed by atoms with Crippen molar-refractivity contribution in [1.29, 1.82) is 0 Å². The lowest BCUT2D eigenvalue weighted by Gasteiger charge is -2.38. The third kappa shape index (κ3) is 18.9. The van der Waals surface area contributed by atoms with Crippen LogP contribution in [-0.2, 0) is 85.2 Å². The molecule has 11 rings (SSSR count). The predicted molar refractivity (Wildman–Crippen MR) is 415 cm³/mol. The lowest BCUT2D eigenvalue weighted by Crippen LogP contribution is -2.62. The average molecular weight is 1470 g/mol. The molecular weight excluding hydrogens is 1360 g/mol. The van der Waals surface area contributed by atoms with Crippen molar-refractivity contribution in [2.24, 2.45) is 11.8 Å². The summed E-state index contributed by atoms with van der Waals surface area (Å²) < 4.78 is 12.3. The molecule has 4 saturated heterocycles. The Kier molecular flexibility index (Phi) is 28.4. The number of amides is 8. The number of nitrogens with one attached hydrogen (secondary N) is 10. The fraction of sp³-hybridized carbons (Fsp3) is 0.419. The first-order valence-corrected chi connectivity index (χ1v) is 38.5. The summed E-state index contributed by atoms with van der Waals surface area (Å²) in [6, 6.07) is 59.0. The molecule has 10 N–H and O–H groups in total. The zero-order valence-electron chi connectivity index (χ0n) is 62.5. The molecule has 8 amide bonds. The largest absolute Gasteiger partial charge is 0.375 e. The Bertz CT molecular complexity index is 3730. The normalized spacial score (nSPS) is 20.6. The SMILES string of the molecule is CC[C@H](NC)C(=O)N[C@@H]1C(=O)N2C(C(=O)NC(C(=O)NCCOCc3ccc(COCCNC(=O)C(NC(=O)[C@@H]4CC[C@@H]5CC[C@H](CNCc6ccccc6)[C@H](NC(=O)[C@H](CC)NC)C(=O)N54)(c4ccccc4)c4ccccc4)cc3)(c3ccccc3)c3ccccc3)CC[C@@H]2CC[C@@H]1CNCc1ccccc1. The van der Waals surface area contributed by atoms with Crippen LogP contribution in [0.2, 0.25) is 0 Å². The van der Waals surface area contributed by atoms with E-state index in [1.54, 1.807) is 23.9 Å². The summed E-state index contributed by atoms with van der Waals surface area (Å²) in [7, 11) is 3.45. The van der Waals surface area contributed by atoms with E-state index in [0.717, 1.165) is 22.3 Å². The lowest BCUT2D eigenvalue weighted by atomic mass is 9.81. The fourth-order valence-electron chi connectivity index (χ4n) is 16.1.